The van der Waals surface area contributed by atoms with Crippen LogP contribution in [0.1, 0.15) is 11.1 Å². The Balaban J connectivity index is 1.42. The van der Waals surface area contributed by atoms with E-state index in [2.05, 4.69) is 5.10 Å². The van der Waals surface area contributed by atoms with Gasteiger partial charge in [-0.2, -0.15) is 9.78 Å². The topological polar surface area (TPSA) is 69.6 Å². The lowest BCUT2D eigenvalue weighted by atomic mass is 10.2. The fourth-order valence-electron chi connectivity index (χ4n) is 4.14. The predicted molar refractivity (Wildman–Crippen MR) is 156 cm³/mol. The molecule has 0 unspecified atom stereocenters. The van der Waals surface area contributed by atoms with Gasteiger partial charge in [-0.15, -0.1) is 0 Å². The number of ether oxygens (including phenoxy) is 1. The summed E-state index contributed by atoms with van der Waals surface area (Å²) in [5, 5.41) is 7.24. The van der Waals surface area contributed by atoms with E-state index in [4.69, 9.17) is 48.9 Å². The Morgan fingerprint density at radius 3 is 2.56 bits per heavy atom. The smallest absolute Gasteiger partial charge is 0.282 e. The van der Waals surface area contributed by atoms with Gasteiger partial charge in [-0.1, -0.05) is 71.2 Å². The predicted octanol–water partition coefficient (Wildman–Crippen LogP) is 8.23. The van der Waals surface area contributed by atoms with E-state index in [0.29, 0.717) is 48.6 Å². The van der Waals surface area contributed by atoms with Crippen LogP contribution in [0.4, 0.5) is 0 Å². The number of nitrogens with zero attached hydrogens (tertiary/aromatic N) is 3. The molecule has 0 radical (unpaired) electrons. The van der Waals surface area contributed by atoms with E-state index in [9.17, 15) is 4.79 Å². The van der Waals surface area contributed by atoms with Crippen molar-refractivity contribution in [1.29, 1.82) is 0 Å². The molecule has 6 aromatic rings. The zero-order chi connectivity index (χ0) is 26.9. The number of hydrogen-bond acceptors (Lipinski definition) is 5. The number of halogens is 3. The van der Waals surface area contributed by atoms with Gasteiger partial charge in [0.25, 0.3) is 5.56 Å². The molecule has 0 bridgehead atoms. The van der Waals surface area contributed by atoms with Crippen LogP contribution in [0.2, 0.25) is 15.1 Å². The van der Waals surface area contributed by atoms with Crippen molar-refractivity contribution in [2.75, 3.05) is 0 Å². The molecule has 6 nitrogen and oxygen atoms in total. The molecular formula is C30H18Cl3N3O3. The van der Waals surface area contributed by atoms with E-state index < -0.39 is 0 Å². The van der Waals surface area contributed by atoms with Crippen LogP contribution in [-0.2, 0) is 6.61 Å². The fraction of sp³-hybridized carbons (Fsp3) is 0.0333. The molecule has 0 spiro atoms. The molecule has 0 saturated carbocycles. The van der Waals surface area contributed by atoms with Crippen molar-refractivity contribution >= 4 is 62.9 Å². The Morgan fingerprint density at radius 2 is 1.72 bits per heavy atom. The highest BCUT2D eigenvalue weighted by Crippen LogP contribution is 2.28. The first kappa shape index (κ1) is 25.2. The average molecular weight is 575 g/mol. The summed E-state index contributed by atoms with van der Waals surface area (Å²) in [4.78, 5) is 18.3. The maximum absolute atomic E-state index is 13.6. The summed E-state index contributed by atoms with van der Waals surface area (Å²) in [6, 6.07) is 27.0. The van der Waals surface area contributed by atoms with E-state index in [0.717, 1.165) is 10.9 Å². The van der Waals surface area contributed by atoms with Gasteiger partial charge >= 0.3 is 0 Å². The summed E-state index contributed by atoms with van der Waals surface area (Å²) in [6.07, 6.45) is 1.51. The van der Waals surface area contributed by atoms with Crippen molar-refractivity contribution in [2.45, 2.75) is 6.61 Å². The lowest BCUT2D eigenvalue weighted by Crippen LogP contribution is -2.20. The van der Waals surface area contributed by atoms with Crippen LogP contribution in [0.15, 0.2) is 105 Å². The van der Waals surface area contributed by atoms with Gasteiger partial charge in [0.1, 0.15) is 17.9 Å². The molecule has 0 N–H and O–H groups in total. The van der Waals surface area contributed by atoms with Crippen LogP contribution in [0.3, 0.4) is 0 Å². The molecule has 0 fully saturated rings. The summed E-state index contributed by atoms with van der Waals surface area (Å²) >= 11 is 18.5. The molecule has 9 heteroatoms. The molecule has 4 aromatic carbocycles. The zero-order valence-corrected chi connectivity index (χ0v) is 22.4. The van der Waals surface area contributed by atoms with Gasteiger partial charge in [-0.3, -0.25) is 4.79 Å². The lowest BCUT2D eigenvalue weighted by molar-refractivity contribution is 0.306. The molecule has 0 atom stereocenters. The first-order valence-electron chi connectivity index (χ1n) is 11.9. The minimum atomic E-state index is -0.340. The molecule has 0 saturated heterocycles. The van der Waals surface area contributed by atoms with Gasteiger partial charge in [0, 0.05) is 16.0 Å². The summed E-state index contributed by atoms with van der Waals surface area (Å²) in [7, 11) is 0. The van der Waals surface area contributed by atoms with Gasteiger partial charge in [-0.05, 0) is 60.2 Å². The van der Waals surface area contributed by atoms with Gasteiger partial charge in [-0.25, -0.2) is 4.98 Å². The first-order valence-corrected chi connectivity index (χ1v) is 13.0. The third-order valence-corrected chi connectivity index (χ3v) is 7.04. The number of para-hydroxylation sites is 2. The quantitative estimate of drug-likeness (QED) is 0.188. The highest BCUT2D eigenvalue weighted by Gasteiger charge is 2.16. The van der Waals surface area contributed by atoms with E-state index in [1.165, 1.54) is 10.9 Å². The maximum Gasteiger partial charge on any atom is 0.282 e. The van der Waals surface area contributed by atoms with Crippen molar-refractivity contribution in [2.24, 2.45) is 5.10 Å². The van der Waals surface area contributed by atoms with Crippen LogP contribution in [0.5, 0.6) is 5.75 Å². The van der Waals surface area contributed by atoms with Crippen LogP contribution < -0.4 is 10.3 Å². The van der Waals surface area contributed by atoms with Crippen LogP contribution in [0, 0.1) is 0 Å². The number of furan rings is 1. The number of hydrogen-bond donors (Lipinski definition) is 0. The first-order chi connectivity index (χ1) is 19.0. The van der Waals surface area contributed by atoms with E-state index in [-0.39, 0.29) is 18.0 Å². The Bertz CT molecular complexity index is 1910. The second kappa shape index (κ2) is 10.6. The minimum absolute atomic E-state index is 0.237. The van der Waals surface area contributed by atoms with Crippen LogP contribution >= 0.6 is 34.8 Å². The molecular weight excluding hydrogens is 557 g/mol. The fourth-order valence-corrected chi connectivity index (χ4v) is 4.65. The molecule has 2 aromatic heterocycles. The van der Waals surface area contributed by atoms with E-state index in [1.807, 2.05) is 42.5 Å². The third-order valence-electron chi connectivity index (χ3n) is 6.06. The zero-order valence-electron chi connectivity index (χ0n) is 20.1. The molecule has 39 heavy (non-hydrogen) atoms. The highest BCUT2D eigenvalue weighted by molar-refractivity contribution is 6.42. The van der Waals surface area contributed by atoms with Gasteiger partial charge in [0.15, 0.2) is 5.76 Å². The third kappa shape index (κ3) is 5.14. The molecule has 0 amide bonds. The van der Waals surface area contributed by atoms with Crippen LogP contribution in [-0.4, -0.2) is 15.9 Å². The minimum Gasteiger partial charge on any atom is -0.488 e. The Morgan fingerprint density at radius 1 is 0.897 bits per heavy atom. The van der Waals surface area contributed by atoms with Gasteiger partial charge in [0.2, 0.25) is 5.82 Å². The molecule has 2 heterocycles. The molecule has 6 rings (SSSR count). The molecule has 192 valence electrons. The van der Waals surface area contributed by atoms with E-state index in [1.54, 1.807) is 48.5 Å². The lowest BCUT2D eigenvalue weighted by Gasteiger charge is -2.11. The van der Waals surface area contributed by atoms with E-state index >= 15 is 0 Å². The van der Waals surface area contributed by atoms with Gasteiger partial charge < -0.3 is 9.15 Å². The SMILES string of the molecule is O=c1c2ccccc2nc(-c2cc3ccccc3o2)n1N=Cc1cc(Cl)ccc1OCc1ccc(Cl)c(Cl)c1. The summed E-state index contributed by atoms with van der Waals surface area (Å²) in [6.45, 7) is 0.237. The number of fused-ring (bicyclic) bond motifs is 2. The normalized spacial score (nSPS) is 11.6. The molecule has 0 aliphatic rings. The largest absolute Gasteiger partial charge is 0.488 e. The maximum atomic E-state index is 13.6. The number of rotatable bonds is 6. The van der Waals surface area contributed by atoms with Crippen molar-refractivity contribution in [3.05, 3.63) is 128 Å². The second-order valence-electron chi connectivity index (χ2n) is 8.68. The molecule has 0 aliphatic carbocycles. The monoisotopic (exact) mass is 573 g/mol. The number of benzene rings is 4. The van der Waals surface area contributed by atoms with Gasteiger partial charge in [0.05, 0.1) is 27.2 Å². The summed E-state index contributed by atoms with van der Waals surface area (Å²) in [5.74, 6) is 1.20. The average Bonchev–Trinajstić information content (AvgIpc) is 3.38. The second-order valence-corrected chi connectivity index (χ2v) is 9.93. The Kier molecular flexibility index (Phi) is 6.83. The number of aromatic nitrogens is 2. The Hall–Kier alpha value is -4.10. The highest BCUT2D eigenvalue weighted by atomic mass is 35.5. The molecule has 0 aliphatic heterocycles. The van der Waals surface area contributed by atoms with Crippen molar-refractivity contribution in [3.8, 4) is 17.3 Å². The van der Waals surface area contributed by atoms with Crippen LogP contribution in [0.25, 0.3) is 33.5 Å². The standard InChI is InChI=1S/C30H18Cl3N3O3/c31-21-10-12-26(38-17-18-9-11-23(32)24(33)13-18)20(14-21)16-34-36-29(28-15-19-5-1-4-8-27(19)39-28)35-25-7-3-2-6-22(25)30(36)37/h1-16H,17H2. The Labute approximate surface area is 237 Å². The van der Waals surface area contributed by atoms with Crippen molar-refractivity contribution < 1.29 is 9.15 Å². The van der Waals surface area contributed by atoms with Crippen molar-refractivity contribution in [1.82, 2.24) is 9.66 Å². The summed E-state index contributed by atoms with van der Waals surface area (Å²) in [5.41, 5.74) is 2.28. The van der Waals surface area contributed by atoms with Crippen molar-refractivity contribution in [3.63, 3.8) is 0 Å². The summed E-state index contributed by atoms with van der Waals surface area (Å²) < 4.78 is 13.3.